The van der Waals surface area contributed by atoms with Crippen LogP contribution in [0.25, 0.3) is 11.0 Å². The summed E-state index contributed by atoms with van der Waals surface area (Å²) in [4.78, 5) is 17.4. The lowest BCUT2D eigenvalue weighted by atomic mass is 9.84. The zero-order valence-electron chi connectivity index (χ0n) is 22.8. The van der Waals surface area contributed by atoms with E-state index in [0.29, 0.717) is 12.5 Å². The maximum Gasteiger partial charge on any atom is 0.306 e. The summed E-state index contributed by atoms with van der Waals surface area (Å²) in [6, 6.07) is 10.7. The zero-order valence-corrected chi connectivity index (χ0v) is 22.8. The SMILES string of the molecule is CCOC(=O)CC(c1ccc(C)c(Cn2ccnc2CC2CCOCC2)c1)c1ccc2c(nnn2C)c1C. The van der Waals surface area contributed by atoms with E-state index in [0.717, 1.165) is 72.6 Å². The van der Waals surface area contributed by atoms with Gasteiger partial charge in [-0.2, -0.15) is 0 Å². The molecule has 1 atom stereocenters. The monoisotopic (exact) mass is 515 g/mol. The molecule has 0 aliphatic carbocycles. The van der Waals surface area contributed by atoms with Crippen LogP contribution in [0.15, 0.2) is 42.7 Å². The van der Waals surface area contributed by atoms with Crippen LogP contribution < -0.4 is 0 Å². The fourth-order valence-corrected chi connectivity index (χ4v) is 5.56. The molecule has 8 heteroatoms. The molecule has 1 aliphatic rings. The van der Waals surface area contributed by atoms with Crippen LogP contribution in [0.4, 0.5) is 0 Å². The summed E-state index contributed by atoms with van der Waals surface area (Å²) in [5.41, 5.74) is 7.49. The van der Waals surface area contributed by atoms with Crippen molar-refractivity contribution in [3.63, 3.8) is 0 Å². The van der Waals surface area contributed by atoms with Crippen LogP contribution in [0, 0.1) is 19.8 Å². The molecular weight excluding hydrogens is 478 g/mol. The van der Waals surface area contributed by atoms with Crippen molar-refractivity contribution in [2.45, 2.75) is 58.9 Å². The van der Waals surface area contributed by atoms with Crippen LogP contribution in [-0.4, -0.2) is 50.3 Å². The Labute approximate surface area is 224 Å². The molecule has 1 saturated heterocycles. The molecule has 0 spiro atoms. The third-order valence-corrected chi connectivity index (χ3v) is 7.86. The van der Waals surface area contributed by atoms with Gasteiger partial charge in [-0.15, -0.1) is 5.10 Å². The second-order valence-electron chi connectivity index (χ2n) is 10.3. The summed E-state index contributed by atoms with van der Waals surface area (Å²) in [7, 11) is 1.89. The highest BCUT2D eigenvalue weighted by Crippen LogP contribution is 2.34. The minimum Gasteiger partial charge on any atom is -0.466 e. The van der Waals surface area contributed by atoms with Gasteiger partial charge in [0.05, 0.1) is 18.5 Å². The maximum absolute atomic E-state index is 12.7. The van der Waals surface area contributed by atoms with Gasteiger partial charge >= 0.3 is 5.97 Å². The van der Waals surface area contributed by atoms with Gasteiger partial charge in [0.25, 0.3) is 0 Å². The molecule has 1 fully saturated rings. The normalized spacial score (nSPS) is 15.2. The molecular formula is C30H37N5O3. The van der Waals surface area contributed by atoms with Crippen LogP contribution >= 0.6 is 0 Å². The van der Waals surface area contributed by atoms with E-state index in [4.69, 9.17) is 9.47 Å². The van der Waals surface area contributed by atoms with E-state index >= 15 is 0 Å². The molecule has 4 aromatic rings. The summed E-state index contributed by atoms with van der Waals surface area (Å²) in [5, 5.41) is 8.58. The number of carbonyl (C=O) groups is 1. The number of esters is 1. The predicted molar refractivity (Wildman–Crippen MR) is 146 cm³/mol. The molecule has 2 aromatic carbocycles. The largest absolute Gasteiger partial charge is 0.466 e. The van der Waals surface area contributed by atoms with E-state index in [1.807, 2.05) is 26.2 Å². The highest BCUT2D eigenvalue weighted by molar-refractivity contribution is 5.80. The molecule has 0 amide bonds. The number of benzene rings is 2. The second kappa shape index (κ2) is 11.5. The van der Waals surface area contributed by atoms with Gasteiger partial charge in [0.15, 0.2) is 0 Å². The van der Waals surface area contributed by atoms with Gasteiger partial charge < -0.3 is 14.0 Å². The molecule has 1 unspecified atom stereocenters. The van der Waals surface area contributed by atoms with Gasteiger partial charge in [0.1, 0.15) is 11.3 Å². The fourth-order valence-electron chi connectivity index (χ4n) is 5.56. The number of rotatable bonds is 9. The topological polar surface area (TPSA) is 84.1 Å². The molecule has 0 N–H and O–H groups in total. The molecule has 0 bridgehead atoms. The van der Waals surface area contributed by atoms with Crippen LogP contribution in [0.1, 0.15) is 65.7 Å². The van der Waals surface area contributed by atoms with Gasteiger partial charge in [0, 0.05) is 51.5 Å². The van der Waals surface area contributed by atoms with Crippen molar-refractivity contribution in [1.82, 2.24) is 24.5 Å². The molecule has 5 rings (SSSR count). The quantitative estimate of drug-likeness (QED) is 0.295. The average molecular weight is 516 g/mol. The van der Waals surface area contributed by atoms with Crippen molar-refractivity contribution in [1.29, 1.82) is 0 Å². The second-order valence-corrected chi connectivity index (χ2v) is 10.3. The van der Waals surface area contributed by atoms with E-state index < -0.39 is 0 Å². The summed E-state index contributed by atoms with van der Waals surface area (Å²) in [6.07, 6.45) is 7.39. The first kappa shape index (κ1) is 26.1. The first-order valence-corrected chi connectivity index (χ1v) is 13.6. The predicted octanol–water partition coefficient (Wildman–Crippen LogP) is 4.88. The number of aryl methyl sites for hydroxylation is 3. The number of fused-ring (bicyclic) bond motifs is 1. The Kier molecular flexibility index (Phi) is 7.88. The molecule has 200 valence electrons. The van der Waals surface area contributed by atoms with Gasteiger partial charge in [-0.05, 0) is 73.4 Å². The first-order valence-electron chi connectivity index (χ1n) is 13.6. The number of nitrogens with zero attached hydrogens (tertiary/aromatic N) is 5. The van der Waals surface area contributed by atoms with Crippen molar-refractivity contribution >= 4 is 17.0 Å². The van der Waals surface area contributed by atoms with Crippen molar-refractivity contribution in [3.8, 4) is 0 Å². The fraction of sp³-hybridized carbons (Fsp3) is 0.467. The van der Waals surface area contributed by atoms with E-state index in [1.165, 1.54) is 11.1 Å². The van der Waals surface area contributed by atoms with Crippen LogP contribution in [0.2, 0.25) is 0 Å². The lowest BCUT2D eigenvalue weighted by Crippen LogP contribution is -2.19. The first-order chi connectivity index (χ1) is 18.4. The third-order valence-electron chi connectivity index (χ3n) is 7.86. The lowest BCUT2D eigenvalue weighted by Gasteiger charge is -2.23. The smallest absolute Gasteiger partial charge is 0.306 e. The lowest BCUT2D eigenvalue weighted by molar-refractivity contribution is -0.143. The molecule has 8 nitrogen and oxygen atoms in total. The van der Waals surface area contributed by atoms with E-state index in [1.54, 1.807) is 4.68 Å². The standard InChI is InChI=1S/C30H37N5O3/c1-5-38-29(36)18-26(25-8-9-27-30(21(25)3)32-33-34(27)4)23-7-6-20(2)24(17-23)19-35-13-12-31-28(35)16-22-10-14-37-15-11-22/h6-9,12-13,17,22,26H,5,10-11,14-16,18-19H2,1-4H3. The molecule has 1 aliphatic heterocycles. The van der Waals surface area contributed by atoms with Crippen molar-refractivity contribution in [2.24, 2.45) is 13.0 Å². The highest BCUT2D eigenvalue weighted by atomic mass is 16.5. The van der Waals surface area contributed by atoms with E-state index in [2.05, 4.69) is 64.2 Å². The Morgan fingerprint density at radius 1 is 1.18 bits per heavy atom. The Morgan fingerprint density at radius 3 is 2.79 bits per heavy atom. The minimum atomic E-state index is -0.202. The molecule has 0 radical (unpaired) electrons. The number of imidazole rings is 1. The summed E-state index contributed by atoms with van der Waals surface area (Å²) < 4.78 is 15.0. The number of hydrogen-bond acceptors (Lipinski definition) is 6. The van der Waals surface area contributed by atoms with E-state index in [9.17, 15) is 4.79 Å². The highest BCUT2D eigenvalue weighted by Gasteiger charge is 2.24. The van der Waals surface area contributed by atoms with Crippen LogP contribution in [-0.2, 0) is 34.3 Å². The maximum atomic E-state index is 12.7. The number of aromatic nitrogens is 5. The molecule has 0 saturated carbocycles. The van der Waals surface area contributed by atoms with Gasteiger partial charge in [0.2, 0.25) is 0 Å². The third kappa shape index (κ3) is 5.50. The summed E-state index contributed by atoms with van der Waals surface area (Å²) >= 11 is 0. The zero-order chi connectivity index (χ0) is 26.6. The Bertz CT molecular complexity index is 1420. The molecule has 38 heavy (non-hydrogen) atoms. The number of carbonyl (C=O) groups excluding carboxylic acids is 1. The van der Waals surface area contributed by atoms with Crippen molar-refractivity contribution in [3.05, 3.63) is 76.4 Å². The summed E-state index contributed by atoms with van der Waals surface area (Å²) in [5.74, 6) is 1.38. The van der Waals surface area contributed by atoms with Crippen molar-refractivity contribution in [2.75, 3.05) is 19.8 Å². The van der Waals surface area contributed by atoms with Crippen molar-refractivity contribution < 1.29 is 14.3 Å². The van der Waals surface area contributed by atoms with Crippen LogP contribution in [0.3, 0.4) is 0 Å². The van der Waals surface area contributed by atoms with Gasteiger partial charge in [-0.25, -0.2) is 9.67 Å². The molecule has 3 heterocycles. The minimum absolute atomic E-state index is 0.149. The number of ether oxygens (including phenoxy) is 2. The summed E-state index contributed by atoms with van der Waals surface area (Å²) in [6.45, 7) is 8.84. The Morgan fingerprint density at radius 2 is 2.00 bits per heavy atom. The van der Waals surface area contributed by atoms with Gasteiger partial charge in [-0.3, -0.25) is 4.79 Å². The molecule has 2 aromatic heterocycles. The average Bonchev–Trinajstić information content (AvgIpc) is 3.51. The Balaban J connectivity index is 1.47. The van der Waals surface area contributed by atoms with Gasteiger partial charge in [-0.1, -0.05) is 29.5 Å². The number of hydrogen-bond donors (Lipinski definition) is 0. The Hall–Kier alpha value is -3.52. The van der Waals surface area contributed by atoms with Crippen LogP contribution in [0.5, 0.6) is 0 Å². The van der Waals surface area contributed by atoms with E-state index in [-0.39, 0.29) is 18.3 Å².